The average molecular weight is 299 g/mol. The molecule has 0 radical (unpaired) electrons. The first-order chi connectivity index (χ1) is 9.58. The number of hydrogen-bond donors (Lipinski definition) is 2. The van der Waals surface area contributed by atoms with Crippen LogP contribution in [0, 0.1) is 11.8 Å². The Hall–Kier alpha value is -1.07. The van der Waals surface area contributed by atoms with Crippen LogP contribution in [-0.2, 0) is 6.54 Å². The fourth-order valence-electron chi connectivity index (χ4n) is 2.40. The summed E-state index contributed by atoms with van der Waals surface area (Å²) in [6, 6.07) is 0. The van der Waals surface area contributed by atoms with Crippen molar-refractivity contribution < 1.29 is 0 Å². The molecular weight excluding hydrogens is 276 g/mol. The first-order valence-corrected chi connectivity index (χ1v) is 7.66. The highest BCUT2D eigenvalue weighted by Crippen LogP contribution is 2.18. The van der Waals surface area contributed by atoms with E-state index in [2.05, 4.69) is 15.7 Å². The molecule has 0 aromatic carbocycles. The van der Waals surface area contributed by atoms with Crippen LogP contribution in [0.25, 0.3) is 0 Å². The summed E-state index contributed by atoms with van der Waals surface area (Å²) in [5, 5.41) is 11.0. The topological polar surface area (TPSA) is 59.0 Å². The van der Waals surface area contributed by atoms with Gasteiger partial charge in [-0.2, -0.15) is 5.10 Å². The molecule has 1 fully saturated rings. The molecule has 2 N–H and O–H groups in total. The van der Waals surface area contributed by atoms with Crippen molar-refractivity contribution in [2.45, 2.75) is 33.2 Å². The summed E-state index contributed by atoms with van der Waals surface area (Å²) < 4.78 is 1.43. The Morgan fingerprint density at radius 1 is 1.50 bits per heavy atom. The van der Waals surface area contributed by atoms with E-state index in [4.69, 9.17) is 11.6 Å². The van der Waals surface area contributed by atoms with Crippen molar-refractivity contribution in [3.8, 4) is 0 Å². The maximum atomic E-state index is 12.1. The monoisotopic (exact) mass is 298 g/mol. The SMILES string of the molecule is CC(C)Cn1ncc(NCC2CCNCC2)c(Cl)c1=O. The summed E-state index contributed by atoms with van der Waals surface area (Å²) in [6.07, 6.45) is 3.97. The Morgan fingerprint density at radius 2 is 2.20 bits per heavy atom. The number of piperidine rings is 1. The second-order valence-electron chi connectivity index (χ2n) is 5.83. The first-order valence-electron chi connectivity index (χ1n) is 7.28. The Balaban J connectivity index is 2.01. The number of anilines is 1. The summed E-state index contributed by atoms with van der Waals surface area (Å²) >= 11 is 6.15. The van der Waals surface area contributed by atoms with E-state index < -0.39 is 0 Å². The molecule has 20 heavy (non-hydrogen) atoms. The molecule has 0 spiro atoms. The highest BCUT2D eigenvalue weighted by Gasteiger charge is 2.15. The predicted molar refractivity (Wildman–Crippen MR) is 82.4 cm³/mol. The summed E-state index contributed by atoms with van der Waals surface area (Å²) in [7, 11) is 0. The number of aromatic nitrogens is 2. The maximum absolute atomic E-state index is 12.1. The van der Waals surface area contributed by atoms with Gasteiger partial charge in [0.15, 0.2) is 0 Å². The summed E-state index contributed by atoms with van der Waals surface area (Å²) in [6.45, 7) is 7.66. The fourth-order valence-corrected chi connectivity index (χ4v) is 2.62. The number of hydrogen-bond acceptors (Lipinski definition) is 4. The van der Waals surface area contributed by atoms with Gasteiger partial charge in [-0.3, -0.25) is 4.79 Å². The lowest BCUT2D eigenvalue weighted by molar-refractivity contribution is 0.389. The van der Waals surface area contributed by atoms with Crippen molar-refractivity contribution in [3.63, 3.8) is 0 Å². The molecule has 1 saturated heterocycles. The standard InChI is InChI=1S/C14H23ClN4O/c1-10(2)9-19-14(20)13(15)12(8-18-19)17-7-11-3-5-16-6-4-11/h8,10-11,16-17H,3-7,9H2,1-2H3. The van der Waals surface area contributed by atoms with E-state index in [1.54, 1.807) is 6.20 Å². The third-order valence-electron chi connectivity index (χ3n) is 3.56. The minimum Gasteiger partial charge on any atom is -0.382 e. The van der Waals surface area contributed by atoms with E-state index in [9.17, 15) is 4.79 Å². The summed E-state index contributed by atoms with van der Waals surface area (Å²) in [4.78, 5) is 12.1. The van der Waals surface area contributed by atoms with Crippen LogP contribution < -0.4 is 16.2 Å². The smallest absolute Gasteiger partial charge is 0.287 e. The third kappa shape index (κ3) is 3.96. The predicted octanol–water partition coefficient (Wildman–Crippen LogP) is 1.96. The Labute approximate surface area is 124 Å². The average Bonchev–Trinajstić information content (AvgIpc) is 2.44. The molecule has 0 unspecified atom stereocenters. The van der Waals surface area contributed by atoms with Crippen molar-refractivity contribution >= 4 is 17.3 Å². The van der Waals surface area contributed by atoms with Crippen LogP contribution in [0.2, 0.25) is 5.02 Å². The summed E-state index contributed by atoms with van der Waals surface area (Å²) in [5.41, 5.74) is 0.436. The number of nitrogens with zero attached hydrogens (tertiary/aromatic N) is 2. The van der Waals surface area contributed by atoms with E-state index in [-0.39, 0.29) is 10.6 Å². The molecular formula is C14H23ClN4O. The van der Waals surface area contributed by atoms with E-state index in [0.29, 0.717) is 24.1 Å². The molecule has 5 nitrogen and oxygen atoms in total. The van der Waals surface area contributed by atoms with Gasteiger partial charge in [0.25, 0.3) is 5.56 Å². The Bertz CT molecular complexity index is 494. The van der Waals surface area contributed by atoms with Crippen molar-refractivity contribution in [3.05, 3.63) is 21.6 Å². The van der Waals surface area contributed by atoms with Gasteiger partial charge < -0.3 is 10.6 Å². The molecule has 0 saturated carbocycles. The second kappa shape index (κ2) is 7.09. The minimum absolute atomic E-state index is 0.212. The largest absolute Gasteiger partial charge is 0.382 e. The number of nitrogens with one attached hydrogen (secondary N) is 2. The number of halogens is 1. The summed E-state index contributed by atoms with van der Waals surface area (Å²) in [5.74, 6) is 0.996. The molecule has 1 aliphatic heterocycles. The molecule has 0 atom stereocenters. The lowest BCUT2D eigenvalue weighted by atomic mass is 9.98. The Morgan fingerprint density at radius 3 is 2.85 bits per heavy atom. The molecule has 1 aliphatic rings. The lowest BCUT2D eigenvalue weighted by Crippen LogP contribution is -2.32. The normalized spacial score (nSPS) is 16.6. The molecule has 6 heteroatoms. The van der Waals surface area contributed by atoms with Gasteiger partial charge in [-0.1, -0.05) is 25.4 Å². The van der Waals surface area contributed by atoms with E-state index >= 15 is 0 Å². The van der Waals surface area contributed by atoms with Crippen LogP contribution in [0.1, 0.15) is 26.7 Å². The Kier molecular flexibility index (Phi) is 5.43. The zero-order chi connectivity index (χ0) is 14.5. The van der Waals surface area contributed by atoms with E-state index in [0.717, 1.165) is 32.5 Å². The van der Waals surface area contributed by atoms with Crippen molar-refractivity contribution in [2.24, 2.45) is 11.8 Å². The molecule has 0 amide bonds. The van der Waals surface area contributed by atoms with Gasteiger partial charge in [0.1, 0.15) is 5.02 Å². The van der Waals surface area contributed by atoms with Crippen LogP contribution in [0.5, 0.6) is 0 Å². The van der Waals surface area contributed by atoms with Crippen molar-refractivity contribution in [2.75, 3.05) is 25.0 Å². The second-order valence-corrected chi connectivity index (χ2v) is 6.21. The molecule has 1 aromatic heterocycles. The molecule has 112 valence electrons. The molecule has 0 bridgehead atoms. The van der Waals surface area contributed by atoms with Crippen LogP contribution in [-0.4, -0.2) is 29.4 Å². The molecule has 1 aromatic rings. The highest BCUT2D eigenvalue weighted by atomic mass is 35.5. The van der Waals surface area contributed by atoms with Gasteiger partial charge in [0, 0.05) is 13.1 Å². The molecule has 0 aliphatic carbocycles. The zero-order valence-corrected chi connectivity index (χ0v) is 12.9. The first kappa shape index (κ1) is 15.3. The third-order valence-corrected chi connectivity index (χ3v) is 3.93. The van der Waals surface area contributed by atoms with Crippen LogP contribution in [0.3, 0.4) is 0 Å². The van der Waals surface area contributed by atoms with Gasteiger partial charge in [-0.05, 0) is 37.8 Å². The molecule has 2 rings (SSSR count). The van der Waals surface area contributed by atoms with Crippen LogP contribution in [0.15, 0.2) is 11.0 Å². The lowest BCUT2D eigenvalue weighted by Gasteiger charge is -2.23. The maximum Gasteiger partial charge on any atom is 0.287 e. The van der Waals surface area contributed by atoms with E-state index in [1.807, 2.05) is 13.8 Å². The van der Waals surface area contributed by atoms with E-state index in [1.165, 1.54) is 4.68 Å². The van der Waals surface area contributed by atoms with Crippen molar-refractivity contribution in [1.82, 2.24) is 15.1 Å². The van der Waals surface area contributed by atoms with Gasteiger partial charge in [0.05, 0.1) is 11.9 Å². The van der Waals surface area contributed by atoms with Crippen molar-refractivity contribution in [1.29, 1.82) is 0 Å². The van der Waals surface area contributed by atoms with Gasteiger partial charge >= 0.3 is 0 Å². The van der Waals surface area contributed by atoms with Gasteiger partial charge in [-0.15, -0.1) is 0 Å². The van der Waals surface area contributed by atoms with Gasteiger partial charge in [0.2, 0.25) is 0 Å². The van der Waals surface area contributed by atoms with Crippen LogP contribution in [0.4, 0.5) is 5.69 Å². The quantitative estimate of drug-likeness (QED) is 0.872. The fraction of sp³-hybridized carbons (Fsp3) is 0.714. The van der Waals surface area contributed by atoms with Crippen LogP contribution >= 0.6 is 11.6 Å². The van der Waals surface area contributed by atoms with Gasteiger partial charge in [-0.25, -0.2) is 4.68 Å². The molecule has 2 heterocycles. The highest BCUT2D eigenvalue weighted by molar-refractivity contribution is 6.32. The zero-order valence-electron chi connectivity index (χ0n) is 12.2. The number of rotatable bonds is 5. The minimum atomic E-state index is -0.212.